The van der Waals surface area contributed by atoms with Gasteiger partial charge in [0.25, 0.3) is 0 Å². The van der Waals surface area contributed by atoms with Crippen molar-refractivity contribution in [3.63, 3.8) is 0 Å². The average Bonchev–Trinajstić information content (AvgIpc) is 2.41. The van der Waals surface area contributed by atoms with Gasteiger partial charge >= 0.3 is 0 Å². The van der Waals surface area contributed by atoms with Gasteiger partial charge in [-0.15, -0.1) is 0 Å². The van der Waals surface area contributed by atoms with Gasteiger partial charge in [-0.3, -0.25) is 0 Å². The van der Waals surface area contributed by atoms with Crippen molar-refractivity contribution in [3.05, 3.63) is 28.8 Å². The molecular formula is C15H23ClN2. The van der Waals surface area contributed by atoms with E-state index < -0.39 is 0 Å². The van der Waals surface area contributed by atoms with Gasteiger partial charge in [0.2, 0.25) is 0 Å². The highest BCUT2D eigenvalue weighted by Gasteiger charge is 2.22. The van der Waals surface area contributed by atoms with Gasteiger partial charge in [-0.05, 0) is 31.9 Å². The Morgan fingerprint density at radius 2 is 2.00 bits per heavy atom. The predicted molar refractivity (Wildman–Crippen MR) is 79.2 cm³/mol. The molecule has 0 atom stereocenters. The lowest BCUT2D eigenvalue weighted by Crippen LogP contribution is -2.37. The van der Waals surface area contributed by atoms with Crippen molar-refractivity contribution in [3.8, 4) is 0 Å². The van der Waals surface area contributed by atoms with Crippen LogP contribution in [0.1, 0.15) is 44.6 Å². The number of hydrogen-bond acceptors (Lipinski definition) is 2. The van der Waals surface area contributed by atoms with Crippen LogP contribution in [0.15, 0.2) is 18.2 Å². The molecule has 0 radical (unpaired) electrons. The van der Waals surface area contributed by atoms with Crippen molar-refractivity contribution in [1.29, 1.82) is 0 Å². The maximum Gasteiger partial charge on any atom is 0.0471 e. The van der Waals surface area contributed by atoms with Crippen molar-refractivity contribution in [2.75, 3.05) is 11.4 Å². The van der Waals surface area contributed by atoms with E-state index in [4.69, 9.17) is 17.3 Å². The van der Waals surface area contributed by atoms with Crippen molar-refractivity contribution >= 4 is 17.3 Å². The van der Waals surface area contributed by atoms with Crippen LogP contribution >= 0.6 is 11.6 Å². The standard InChI is InChI=1S/C15H23ClN2/c1-2-18(12-7-4-3-5-8-12)15-10-6-9-14(16)13(15)11-17/h6,9-10,12H,2-5,7-8,11,17H2,1H3. The molecule has 1 aromatic rings. The third-order valence-corrected chi connectivity index (χ3v) is 4.32. The Kier molecular flexibility index (Phi) is 4.90. The summed E-state index contributed by atoms with van der Waals surface area (Å²) in [5.41, 5.74) is 8.19. The molecule has 1 aliphatic rings. The van der Waals surface area contributed by atoms with Crippen molar-refractivity contribution in [1.82, 2.24) is 0 Å². The summed E-state index contributed by atoms with van der Waals surface area (Å²) in [6, 6.07) is 6.78. The van der Waals surface area contributed by atoms with E-state index in [0.29, 0.717) is 12.6 Å². The van der Waals surface area contributed by atoms with Crippen molar-refractivity contribution in [2.45, 2.75) is 51.6 Å². The third-order valence-electron chi connectivity index (χ3n) is 3.96. The second kappa shape index (κ2) is 6.44. The van der Waals surface area contributed by atoms with Crippen LogP contribution < -0.4 is 10.6 Å². The maximum atomic E-state index is 6.26. The largest absolute Gasteiger partial charge is 0.369 e. The Morgan fingerprint density at radius 1 is 1.28 bits per heavy atom. The summed E-state index contributed by atoms with van der Waals surface area (Å²) in [5.74, 6) is 0. The number of benzene rings is 1. The second-order valence-corrected chi connectivity index (χ2v) is 5.43. The van der Waals surface area contributed by atoms with E-state index in [2.05, 4.69) is 17.9 Å². The van der Waals surface area contributed by atoms with Gasteiger partial charge in [-0.1, -0.05) is 36.9 Å². The summed E-state index contributed by atoms with van der Waals surface area (Å²) < 4.78 is 0. The minimum Gasteiger partial charge on any atom is -0.369 e. The van der Waals surface area contributed by atoms with Crippen molar-refractivity contribution < 1.29 is 0 Å². The minimum absolute atomic E-state index is 0.512. The van der Waals surface area contributed by atoms with Crippen LogP contribution in [0.4, 0.5) is 5.69 Å². The van der Waals surface area contributed by atoms with E-state index >= 15 is 0 Å². The molecular weight excluding hydrogens is 244 g/mol. The molecule has 1 fully saturated rings. The van der Waals surface area contributed by atoms with Crippen LogP contribution in [-0.4, -0.2) is 12.6 Å². The molecule has 2 rings (SSSR count). The highest BCUT2D eigenvalue weighted by molar-refractivity contribution is 6.31. The highest BCUT2D eigenvalue weighted by atomic mass is 35.5. The van der Waals surface area contributed by atoms with E-state index in [9.17, 15) is 0 Å². The lowest BCUT2D eigenvalue weighted by Gasteiger charge is -2.36. The Morgan fingerprint density at radius 3 is 2.61 bits per heavy atom. The van der Waals surface area contributed by atoms with Gasteiger partial charge in [-0.2, -0.15) is 0 Å². The minimum atomic E-state index is 0.512. The normalized spacial score (nSPS) is 16.8. The maximum absolute atomic E-state index is 6.26. The summed E-state index contributed by atoms with van der Waals surface area (Å²) in [7, 11) is 0. The summed E-state index contributed by atoms with van der Waals surface area (Å²) in [6.07, 6.45) is 6.67. The van der Waals surface area contributed by atoms with Crippen LogP contribution in [0.2, 0.25) is 5.02 Å². The van der Waals surface area contributed by atoms with Crippen LogP contribution in [-0.2, 0) is 6.54 Å². The summed E-state index contributed by atoms with van der Waals surface area (Å²) >= 11 is 6.26. The van der Waals surface area contributed by atoms with E-state index in [1.54, 1.807) is 0 Å². The Labute approximate surface area is 115 Å². The number of nitrogens with zero attached hydrogens (tertiary/aromatic N) is 1. The van der Waals surface area contributed by atoms with Gasteiger partial charge in [0, 0.05) is 35.4 Å². The number of nitrogens with two attached hydrogens (primary N) is 1. The molecule has 1 aromatic carbocycles. The van der Waals surface area contributed by atoms with Gasteiger partial charge in [-0.25, -0.2) is 0 Å². The molecule has 0 unspecified atom stereocenters. The predicted octanol–water partition coefficient (Wildman–Crippen LogP) is 3.96. The summed E-state index contributed by atoms with van der Waals surface area (Å²) in [6.45, 7) is 3.76. The average molecular weight is 267 g/mol. The zero-order valence-electron chi connectivity index (χ0n) is 11.2. The topological polar surface area (TPSA) is 29.3 Å². The molecule has 0 saturated heterocycles. The van der Waals surface area contributed by atoms with Gasteiger partial charge in [0.1, 0.15) is 0 Å². The first-order valence-electron chi connectivity index (χ1n) is 7.02. The van der Waals surface area contributed by atoms with E-state index in [1.807, 2.05) is 12.1 Å². The Hall–Kier alpha value is -0.730. The molecule has 18 heavy (non-hydrogen) atoms. The first-order chi connectivity index (χ1) is 8.77. The molecule has 0 spiro atoms. The molecule has 3 heteroatoms. The van der Waals surface area contributed by atoms with Gasteiger partial charge in [0.15, 0.2) is 0 Å². The van der Waals surface area contributed by atoms with E-state index in [-0.39, 0.29) is 0 Å². The first-order valence-corrected chi connectivity index (χ1v) is 7.39. The van der Waals surface area contributed by atoms with Crippen LogP contribution in [0.5, 0.6) is 0 Å². The number of hydrogen-bond donors (Lipinski definition) is 1. The highest BCUT2D eigenvalue weighted by Crippen LogP contribution is 2.32. The Balaban J connectivity index is 2.28. The molecule has 0 bridgehead atoms. The van der Waals surface area contributed by atoms with E-state index in [1.165, 1.54) is 37.8 Å². The molecule has 0 aliphatic heterocycles. The Bertz CT molecular complexity index is 386. The molecule has 2 N–H and O–H groups in total. The number of anilines is 1. The fraction of sp³-hybridized carbons (Fsp3) is 0.600. The molecule has 0 aromatic heterocycles. The fourth-order valence-corrected chi connectivity index (χ4v) is 3.28. The molecule has 1 aliphatic carbocycles. The molecule has 0 amide bonds. The van der Waals surface area contributed by atoms with E-state index in [0.717, 1.165) is 17.1 Å². The van der Waals surface area contributed by atoms with Crippen molar-refractivity contribution in [2.24, 2.45) is 5.73 Å². The molecule has 2 nitrogen and oxygen atoms in total. The molecule has 0 heterocycles. The SMILES string of the molecule is CCN(c1cccc(Cl)c1CN)C1CCCCC1. The van der Waals surface area contributed by atoms with Gasteiger partial charge < -0.3 is 10.6 Å². The van der Waals surface area contributed by atoms with Crippen LogP contribution in [0, 0.1) is 0 Å². The fourth-order valence-electron chi connectivity index (χ4n) is 3.04. The van der Waals surface area contributed by atoms with Gasteiger partial charge in [0.05, 0.1) is 0 Å². The number of rotatable bonds is 4. The monoisotopic (exact) mass is 266 g/mol. The second-order valence-electron chi connectivity index (χ2n) is 5.02. The summed E-state index contributed by atoms with van der Waals surface area (Å²) in [4.78, 5) is 2.49. The first kappa shape index (κ1) is 13.7. The van der Waals surface area contributed by atoms with Crippen LogP contribution in [0.3, 0.4) is 0 Å². The quantitative estimate of drug-likeness (QED) is 0.894. The smallest absolute Gasteiger partial charge is 0.0471 e. The zero-order chi connectivity index (χ0) is 13.0. The third kappa shape index (κ3) is 2.81. The number of halogens is 1. The summed E-state index contributed by atoms with van der Waals surface area (Å²) in [5, 5.41) is 0.796. The molecule has 1 saturated carbocycles. The lowest BCUT2D eigenvalue weighted by molar-refractivity contribution is 0.417. The molecule has 100 valence electrons. The van der Waals surface area contributed by atoms with Crippen LogP contribution in [0.25, 0.3) is 0 Å². The lowest BCUT2D eigenvalue weighted by atomic mass is 9.93. The zero-order valence-corrected chi connectivity index (χ0v) is 11.9.